The summed E-state index contributed by atoms with van der Waals surface area (Å²) in [7, 11) is 0. The average Bonchev–Trinajstić information content (AvgIpc) is 3.88. The van der Waals surface area contributed by atoms with Gasteiger partial charge in [0.15, 0.2) is 23.1 Å². The molecule has 262 valence electrons. The van der Waals surface area contributed by atoms with Gasteiger partial charge in [0.25, 0.3) is 0 Å². The Bertz CT molecular complexity index is 3150. The van der Waals surface area contributed by atoms with Gasteiger partial charge in [-0.25, -0.2) is 19.9 Å². The Morgan fingerprint density at radius 1 is 0.393 bits per heavy atom. The summed E-state index contributed by atoms with van der Waals surface area (Å²) in [6, 6.07) is 64.6. The van der Waals surface area contributed by atoms with E-state index in [1.54, 1.807) is 0 Å². The number of rotatable bonds is 6. The van der Waals surface area contributed by atoms with Gasteiger partial charge in [0.1, 0.15) is 5.52 Å². The molecule has 0 bridgehead atoms. The van der Waals surface area contributed by atoms with Gasteiger partial charge in [-0.05, 0) is 47.3 Å². The number of nitrogens with zero attached hydrogens (tertiary/aromatic N) is 5. The molecule has 11 aromatic rings. The highest BCUT2D eigenvalue weighted by Crippen LogP contribution is 2.44. The quantitative estimate of drug-likeness (QED) is 0.171. The fourth-order valence-corrected chi connectivity index (χ4v) is 7.87. The van der Waals surface area contributed by atoms with Gasteiger partial charge in [0, 0.05) is 49.7 Å². The molecule has 0 atom stereocenters. The highest BCUT2D eigenvalue weighted by Gasteiger charge is 2.22. The van der Waals surface area contributed by atoms with Gasteiger partial charge < -0.3 is 8.98 Å². The van der Waals surface area contributed by atoms with Gasteiger partial charge in [-0.3, -0.25) is 0 Å². The van der Waals surface area contributed by atoms with Gasteiger partial charge in [-0.1, -0.05) is 152 Å². The number of oxazole rings is 1. The second kappa shape index (κ2) is 13.0. The molecule has 0 radical (unpaired) electrons. The van der Waals surface area contributed by atoms with Crippen LogP contribution < -0.4 is 0 Å². The van der Waals surface area contributed by atoms with Gasteiger partial charge in [-0.2, -0.15) is 0 Å². The molecule has 6 heteroatoms. The van der Waals surface area contributed by atoms with Crippen molar-refractivity contribution in [3.8, 4) is 62.4 Å². The molecule has 0 aliphatic rings. The maximum absolute atomic E-state index is 6.65. The molecule has 11 rings (SSSR count). The van der Waals surface area contributed by atoms with Crippen molar-refractivity contribution in [1.29, 1.82) is 0 Å². The summed E-state index contributed by atoms with van der Waals surface area (Å²) < 4.78 is 9.03. The topological polar surface area (TPSA) is 69.6 Å². The maximum atomic E-state index is 6.65. The molecule has 0 unspecified atom stereocenters. The van der Waals surface area contributed by atoms with Crippen LogP contribution in [0.4, 0.5) is 0 Å². The fraction of sp³-hybridized carbons (Fsp3) is 0. The molecule has 0 spiro atoms. The van der Waals surface area contributed by atoms with Crippen LogP contribution in [0, 0.1) is 0 Å². The van der Waals surface area contributed by atoms with E-state index in [1.807, 2.05) is 91.0 Å². The van der Waals surface area contributed by atoms with Crippen molar-refractivity contribution in [2.24, 2.45) is 0 Å². The zero-order valence-electron chi connectivity index (χ0n) is 30.0. The Kier molecular flexibility index (Phi) is 7.38. The summed E-state index contributed by atoms with van der Waals surface area (Å²) in [6.07, 6.45) is 0. The van der Waals surface area contributed by atoms with Crippen molar-refractivity contribution in [3.63, 3.8) is 0 Å². The van der Waals surface area contributed by atoms with Crippen LogP contribution in [0.1, 0.15) is 0 Å². The van der Waals surface area contributed by atoms with Crippen molar-refractivity contribution in [3.05, 3.63) is 188 Å². The normalized spacial score (nSPS) is 11.6. The van der Waals surface area contributed by atoms with E-state index in [1.165, 1.54) is 0 Å². The lowest BCUT2D eigenvalue weighted by atomic mass is 9.98. The third kappa shape index (κ3) is 5.27. The minimum absolute atomic E-state index is 0.614. The SMILES string of the molecule is c1ccc(-c2nc(-c3ccccc3)nc(-c3ccc(-c4cccc5c6c7c(ccc8nc(-c9ccccc9)oc87)ccc6n(-c6ccccc6)c45)cc3)n2)cc1. The van der Waals surface area contributed by atoms with Gasteiger partial charge in [0.2, 0.25) is 5.89 Å². The monoisotopic (exact) mass is 717 g/mol. The summed E-state index contributed by atoms with van der Waals surface area (Å²) >= 11 is 0. The van der Waals surface area contributed by atoms with Crippen molar-refractivity contribution < 1.29 is 4.42 Å². The number of hydrogen-bond acceptors (Lipinski definition) is 5. The lowest BCUT2D eigenvalue weighted by Gasteiger charge is -2.12. The van der Waals surface area contributed by atoms with Gasteiger partial charge in [-0.15, -0.1) is 0 Å². The summed E-state index contributed by atoms with van der Waals surface area (Å²) in [4.78, 5) is 19.8. The number of para-hydroxylation sites is 2. The van der Waals surface area contributed by atoms with Crippen LogP contribution in [-0.4, -0.2) is 24.5 Å². The maximum Gasteiger partial charge on any atom is 0.227 e. The first kappa shape index (κ1) is 31.8. The van der Waals surface area contributed by atoms with Gasteiger partial charge in [0.05, 0.1) is 11.0 Å². The summed E-state index contributed by atoms with van der Waals surface area (Å²) in [5.41, 5.74) is 10.9. The molecule has 8 aromatic carbocycles. The Morgan fingerprint density at radius 3 is 1.55 bits per heavy atom. The smallest absolute Gasteiger partial charge is 0.227 e. The fourth-order valence-electron chi connectivity index (χ4n) is 7.87. The van der Waals surface area contributed by atoms with Crippen molar-refractivity contribution >= 4 is 43.7 Å². The number of aromatic nitrogens is 5. The van der Waals surface area contributed by atoms with E-state index in [2.05, 4.69) is 102 Å². The Balaban J connectivity index is 1.11. The lowest BCUT2D eigenvalue weighted by molar-refractivity contribution is 0.623. The molecule has 0 N–H and O–H groups in total. The van der Waals surface area contributed by atoms with Crippen LogP contribution in [0.2, 0.25) is 0 Å². The van der Waals surface area contributed by atoms with Crippen LogP contribution in [-0.2, 0) is 0 Å². The van der Waals surface area contributed by atoms with Gasteiger partial charge >= 0.3 is 0 Å². The predicted octanol–water partition coefficient (Wildman–Crippen LogP) is 12.6. The molecule has 0 aliphatic carbocycles. The number of benzene rings is 8. The third-order valence-electron chi connectivity index (χ3n) is 10.5. The molecule has 0 fully saturated rings. The summed E-state index contributed by atoms with van der Waals surface area (Å²) in [5, 5.41) is 4.43. The predicted molar refractivity (Wildman–Crippen MR) is 226 cm³/mol. The Morgan fingerprint density at radius 2 is 0.929 bits per heavy atom. The van der Waals surface area contributed by atoms with Crippen molar-refractivity contribution in [2.45, 2.75) is 0 Å². The summed E-state index contributed by atoms with van der Waals surface area (Å²) in [5.74, 6) is 2.51. The van der Waals surface area contributed by atoms with Crippen LogP contribution >= 0.6 is 0 Å². The van der Waals surface area contributed by atoms with Crippen molar-refractivity contribution in [2.75, 3.05) is 0 Å². The van der Waals surface area contributed by atoms with E-state index in [9.17, 15) is 0 Å². The number of hydrogen-bond donors (Lipinski definition) is 0. The second-order valence-corrected chi connectivity index (χ2v) is 13.8. The minimum Gasteiger partial charge on any atom is -0.435 e. The first-order valence-electron chi connectivity index (χ1n) is 18.6. The highest BCUT2D eigenvalue weighted by molar-refractivity contribution is 6.28. The zero-order chi connectivity index (χ0) is 37.0. The molecule has 0 saturated heterocycles. The molecule has 56 heavy (non-hydrogen) atoms. The lowest BCUT2D eigenvalue weighted by Crippen LogP contribution is -2.00. The van der Waals surface area contributed by atoms with E-state index >= 15 is 0 Å². The van der Waals surface area contributed by atoms with E-state index < -0.39 is 0 Å². The van der Waals surface area contributed by atoms with Crippen LogP contribution in [0.5, 0.6) is 0 Å². The standard InChI is InChI=1S/C50H31N5O/c1-5-14-34(15-6-1)47-52-48(35-16-7-2-8-17-35)54-49(53-47)36-26-24-32(25-27-36)39-22-13-23-40-44-42(55(45(39)40)38-20-11-4-12-21-38)31-29-33-28-30-41-46(43(33)44)56-50(51-41)37-18-9-3-10-19-37/h1-31H. The molecular formula is C50H31N5O. The third-order valence-corrected chi connectivity index (χ3v) is 10.5. The largest absolute Gasteiger partial charge is 0.435 e. The Hall–Kier alpha value is -7.70. The molecule has 0 aliphatic heterocycles. The molecule has 3 heterocycles. The molecule has 3 aromatic heterocycles. The van der Waals surface area contributed by atoms with Crippen LogP contribution in [0.15, 0.2) is 192 Å². The zero-order valence-corrected chi connectivity index (χ0v) is 30.0. The summed E-state index contributed by atoms with van der Waals surface area (Å²) in [6.45, 7) is 0. The number of fused-ring (bicyclic) bond motifs is 7. The first-order chi connectivity index (χ1) is 27.8. The molecule has 0 amide bonds. The second-order valence-electron chi connectivity index (χ2n) is 13.8. The van der Waals surface area contributed by atoms with E-state index in [0.717, 1.165) is 82.7 Å². The highest BCUT2D eigenvalue weighted by atomic mass is 16.3. The van der Waals surface area contributed by atoms with Crippen LogP contribution in [0.25, 0.3) is 106 Å². The minimum atomic E-state index is 0.614. The van der Waals surface area contributed by atoms with E-state index in [4.69, 9.17) is 24.4 Å². The van der Waals surface area contributed by atoms with Crippen LogP contribution in [0.3, 0.4) is 0 Å². The van der Waals surface area contributed by atoms with E-state index in [0.29, 0.717) is 23.4 Å². The average molecular weight is 718 g/mol. The van der Waals surface area contributed by atoms with E-state index in [-0.39, 0.29) is 0 Å². The molecule has 6 nitrogen and oxygen atoms in total. The van der Waals surface area contributed by atoms with Crippen molar-refractivity contribution in [1.82, 2.24) is 24.5 Å². The Labute approximate surface area is 322 Å². The first-order valence-corrected chi connectivity index (χ1v) is 18.6. The molecule has 0 saturated carbocycles. The molecular weight excluding hydrogens is 687 g/mol.